The number of aryl methyl sites for hydroxylation is 1. The lowest BCUT2D eigenvalue weighted by molar-refractivity contribution is -0.114. The van der Waals surface area contributed by atoms with Crippen LogP contribution in [-0.4, -0.2) is 36.2 Å². The van der Waals surface area contributed by atoms with Crippen LogP contribution in [0.15, 0.2) is 82.6 Å². The summed E-state index contributed by atoms with van der Waals surface area (Å²) >= 11 is 1.49. The molecule has 1 amide bonds. The van der Waals surface area contributed by atoms with Gasteiger partial charge in [0.15, 0.2) is 5.78 Å². The number of likely N-dealkylation sites (tertiary alicyclic amines) is 1. The van der Waals surface area contributed by atoms with Gasteiger partial charge >= 0.3 is 0 Å². The second-order valence-electron chi connectivity index (χ2n) is 10.4. The quantitative estimate of drug-likeness (QED) is 0.226. The van der Waals surface area contributed by atoms with E-state index in [9.17, 15) is 9.59 Å². The van der Waals surface area contributed by atoms with Gasteiger partial charge in [0.25, 0.3) is 5.91 Å². The van der Waals surface area contributed by atoms with Gasteiger partial charge in [0.05, 0.1) is 17.1 Å². The van der Waals surface area contributed by atoms with E-state index in [4.69, 9.17) is 0 Å². The number of rotatable bonds is 8. The van der Waals surface area contributed by atoms with Crippen LogP contribution >= 0.6 is 11.8 Å². The van der Waals surface area contributed by atoms with Crippen LogP contribution < -0.4 is 4.90 Å². The molecule has 0 saturated carbocycles. The summed E-state index contributed by atoms with van der Waals surface area (Å²) in [7, 11) is 0. The van der Waals surface area contributed by atoms with E-state index in [1.54, 1.807) is 0 Å². The van der Waals surface area contributed by atoms with E-state index in [-0.39, 0.29) is 11.7 Å². The minimum Gasteiger partial charge on any atom is -0.303 e. The van der Waals surface area contributed by atoms with E-state index in [1.165, 1.54) is 37.4 Å². The third-order valence-corrected chi connectivity index (χ3v) is 8.42. The van der Waals surface area contributed by atoms with E-state index in [2.05, 4.69) is 30.0 Å². The molecule has 3 aromatic carbocycles. The van der Waals surface area contributed by atoms with Crippen molar-refractivity contribution in [3.05, 3.63) is 100.0 Å². The summed E-state index contributed by atoms with van der Waals surface area (Å²) in [5.74, 6) is 0.125. The summed E-state index contributed by atoms with van der Waals surface area (Å²) in [6.45, 7) is 5.82. The second-order valence-corrected chi connectivity index (χ2v) is 11.5. The molecule has 0 aliphatic carbocycles. The van der Waals surface area contributed by atoms with Gasteiger partial charge in [0, 0.05) is 16.9 Å². The number of fused-ring (bicyclic) bond motifs is 1. The third-order valence-electron chi connectivity index (χ3n) is 7.34. The van der Waals surface area contributed by atoms with Gasteiger partial charge < -0.3 is 9.80 Å². The molecule has 2 heterocycles. The number of Topliss-reactive ketones (excluding diaryl/α,β-unsaturated/α-hetero) is 1. The van der Waals surface area contributed by atoms with Crippen LogP contribution in [0.5, 0.6) is 0 Å². The molecule has 3 aromatic rings. The van der Waals surface area contributed by atoms with E-state index >= 15 is 0 Å². The van der Waals surface area contributed by atoms with Crippen molar-refractivity contribution in [3.8, 4) is 0 Å². The highest BCUT2D eigenvalue weighted by Gasteiger charge is 2.30. The zero-order valence-corrected chi connectivity index (χ0v) is 23.0. The lowest BCUT2D eigenvalue weighted by Crippen LogP contribution is -2.34. The number of ketones is 1. The molecule has 0 atom stereocenters. The van der Waals surface area contributed by atoms with Gasteiger partial charge in [-0.1, -0.05) is 90.8 Å². The Balaban J connectivity index is 1.38. The molecule has 2 aliphatic rings. The Morgan fingerprint density at radius 1 is 0.921 bits per heavy atom. The monoisotopic (exact) mass is 524 g/mol. The van der Waals surface area contributed by atoms with E-state index in [0.29, 0.717) is 23.4 Å². The lowest BCUT2D eigenvalue weighted by atomic mass is 10.0. The van der Waals surface area contributed by atoms with Gasteiger partial charge in [-0.3, -0.25) is 9.59 Å². The molecule has 0 bridgehead atoms. The second kappa shape index (κ2) is 12.6. The van der Waals surface area contributed by atoms with Crippen LogP contribution in [0.3, 0.4) is 0 Å². The number of amides is 1. The normalized spacial score (nSPS) is 17.3. The standard InChI is InChI=1S/C33H36N2O2S/c1-25-11-9-14-27(21-25)24-35-29-23-28(30(36)15-10-20-34-18-7-2-3-8-19-34)16-17-31(29)38-32(33(35)37)22-26-12-5-4-6-13-26/h4-6,9,11-14,16-17,21-23H,2-3,7-8,10,15,18-20,24H2,1H3/b32-22-. The Morgan fingerprint density at radius 2 is 1.71 bits per heavy atom. The van der Waals surface area contributed by atoms with Crippen LogP contribution in [0.25, 0.3) is 6.08 Å². The molecular weight excluding hydrogens is 488 g/mol. The van der Waals surface area contributed by atoms with Crippen molar-refractivity contribution >= 4 is 35.2 Å². The number of anilines is 1. The lowest BCUT2D eigenvalue weighted by Gasteiger charge is -2.31. The maximum Gasteiger partial charge on any atom is 0.265 e. The summed E-state index contributed by atoms with van der Waals surface area (Å²) < 4.78 is 0. The molecule has 1 fully saturated rings. The molecule has 5 heteroatoms. The molecule has 196 valence electrons. The fourth-order valence-electron chi connectivity index (χ4n) is 5.30. The molecule has 0 aromatic heterocycles. The summed E-state index contributed by atoms with van der Waals surface area (Å²) in [6.07, 6.45) is 8.55. The first kappa shape index (κ1) is 26.5. The highest BCUT2D eigenvalue weighted by Crippen LogP contribution is 2.43. The van der Waals surface area contributed by atoms with E-state index in [0.717, 1.165) is 53.3 Å². The number of hydrogen-bond acceptors (Lipinski definition) is 4. The van der Waals surface area contributed by atoms with Crippen molar-refractivity contribution in [2.24, 2.45) is 0 Å². The van der Waals surface area contributed by atoms with Crippen molar-refractivity contribution in [2.45, 2.75) is 56.9 Å². The largest absolute Gasteiger partial charge is 0.303 e. The minimum absolute atomic E-state index is 0.0291. The maximum atomic E-state index is 13.8. The fraction of sp³-hybridized carbons (Fsp3) is 0.333. The van der Waals surface area contributed by atoms with Crippen LogP contribution in [-0.2, 0) is 11.3 Å². The highest BCUT2D eigenvalue weighted by molar-refractivity contribution is 8.04. The number of carbonyl (C=O) groups is 2. The van der Waals surface area contributed by atoms with Crippen molar-refractivity contribution < 1.29 is 9.59 Å². The molecule has 38 heavy (non-hydrogen) atoms. The van der Waals surface area contributed by atoms with Crippen molar-refractivity contribution in [2.75, 3.05) is 24.5 Å². The Kier molecular flexibility index (Phi) is 8.77. The van der Waals surface area contributed by atoms with Crippen LogP contribution in [0.4, 0.5) is 5.69 Å². The van der Waals surface area contributed by atoms with E-state index in [1.807, 2.05) is 65.6 Å². The predicted octanol–water partition coefficient (Wildman–Crippen LogP) is 7.51. The molecule has 0 spiro atoms. The highest BCUT2D eigenvalue weighted by atomic mass is 32.2. The Hall–Kier alpha value is -3.15. The summed E-state index contributed by atoms with van der Waals surface area (Å²) in [6, 6.07) is 24.1. The first-order chi connectivity index (χ1) is 18.6. The zero-order chi connectivity index (χ0) is 26.3. The first-order valence-corrected chi connectivity index (χ1v) is 14.6. The molecule has 0 radical (unpaired) electrons. The van der Waals surface area contributed by atoms with Gasteiger partial charge in [0.2, 0.25) is 0 Å². The van der Waals surface area contributed by atoms with Crippen LogP contribution in [0.1, 0.15) is 65.6 Å². The first-order valence-electron chi connectivity index (χ1n) is 13.8. The Bertz CT molecular complexity index is 1310. The Morgan fingerprint density at radius 3 is 2.47 bits per heavy atom. The van der Waals surface area contributed by atoms with Crippen molar-refractivity contribution in [1.82, 2.24) is 4.90 Å². The van der Waals surface area contributed by atoms with Gasteiger partial charge in [-0.15, -0.1) is 0 Å². The third kappa shape index (κ3) is 6.64. The average Bonchev–Trinajstić information content (AvgIpc) is 3.20. The van der Waals surface area contributed by atoms with Gasteiger partial charge in [-0.25, -0.2) is 0 Å². The Labute approximate surface area is 230 Å². The fourth-order valence-corrected chi connectivity index (χ4v) is 6.34. The molecule has 4 nitrogen and oxygen atoms in total. The van der Waals surface area contributed by atoms with Gasteiger partial charge in [-0.05, 0) is 75.2 Å². The van der Waals surface area contributed by atoms with Crippen molar-refractivity contribution in [3.63, 3.8) is 0 Å². The summed E-state index contributed by atoms with van der Waals surface area (Å²) in [5.41, 5.74) is 4.75. The number of carbonyl (C=O) groups excluding carboxylic acids is 2. The minimum atomic E-state index is -0.0291. The topological polar surface area (TPSA) is 40.6 Å². The molecule has 0 unspecified atom stereocenters. The predicted molar refractivity (Wildman–Crippen MR) is 158 cm³/mol. The molecule has 0 N–H and O–H groups in total. The average molecular weight is 525 g/mol. The molecule has 1 saturated heterocycles. The number of nitrogens with zero attached hydrogens (tertiary/aromatic N) is 2. The molecule has 5 rings (SSSR count). The maximum absolute atomic E-state index is 13.8. The molecular formula is C33H36N2O2S. The summed E-state index contributed by atoms with van der Waals surface area (Å²) in [5, 5.41) is 0. The SMILES string of the molecule is Cc1cccc(CN2C(=O)/C(=C/c3ccccc3)Sc3ccc(C(=O)CCCN4CCCCCC4)cc32)c1. The van der Waals surface area contributed by atoms with Crippen molar-refractivity contribution in [1.29, 1.82) is 0 Å². The number of benzene rings is 3. The van der Waals surface area contributed by atoms with Gasteiger partial charge in [0.1, 0.15) is 0 Å². The number of thioether (sulfide) groups is 1. The number of hydrogen-bond donors (Lipinski definition) is 0. The summed E-state index contributed by atoms with van der Waals surface area (Å²) in [4.78, 5) is 33.0. The van der Waals surface area contributed by atoms with Crippen LogP contribution in [0, 0.1) is 6.92 Å². The molecule has 2 aliphatic heterocycles. The van der Waals surface area contributed by atoms with Gasteiger partial charge in [-0.2, -0.15) is 0 Å². The smallest absolute Gasteiger partial charge is 0.265 e. The zero-order valence-electron chi connectivity index (χ0n) is 22.2. The van der Waals surface area contributed by atoms with E-state index < -0.39 is 0 Å². The van der Waals surface area contributed by atoms with Crippen LogP contribution in [0.2, 0.25) is 0 Å².